The topological polar surface area (TPSA) is 59.8 Å². The minimum absolute atomic E-state index is 0.0236. The van der Waals surface area contributed by atoms with Gasteiger partial charge in [0.25, 0.3) is 0 Å². The average molecular weight is 309 g/mol. The van der Waals surface area contributed by atoms with Crippen molar-refractivity contribution < 1.29 is 4.79 Å². The third-order valence-corrected chi connectivity index (χ3v) is 3.48. The molecule has 1 atom stereocenters. The first-order chi connectivity index (χ1) is 10.0. The molecule has 21 heavy (non-hydrogen) atoms. The van der Waals surface area contributed by atoms with E-state index in [1.54, 1.807) is 6.20 Å². The Morgan fingerprint density at radius 2 is 2.19 bits per heavy atom. The minimum Gasteiger partial charge on any atom is -0.354 e. The number of imidazole rings is 1. The molecule has 114 valence electrons. The van der Waals surface area contributed by atoms with Gasteiger partial charge < -0.3 is 9.88 Å². The lowest BCUT2D eigenvalue weighted by atomic mass is 10.2. The molecule has 5 nitrogen and oxygen atoms in total. The SMILES string of the molecule is CC(C)CNC(=O)C(C)n1c(CCCl)nc2cccnc21. The first-order valence-corrected chi connectivity index (χ1v) is 7.73. The van der Waals surface area contributed by atoms with Gasteiger partial charge in [-0.25, -0.2) is 9.97 Å². The molecule has 0 saturated carbocycles. The predicted octanol–water partition coefficient (Wildman–Crippen LogP) is 2.55. The van der Waals surface area contributed by atoms with Crippen molar-refractivity contribution in [3.63, 3.8) is 0 Å². The molecule has 0 aliphatic carbocycles. The Bertz CT molecular complexity index is 623. The van der Waals surface area contributed by atoms with Gasteiger partial charge >= 0.3 is 0 Å². The third-order valence-electron chi connectivity index (χ3n) is 3.29. The van der Waals surface area contributed by atoms with Crippen LogP contribution in [0, 0.1) is 5.92 Å². The van der Waals surface area contributed by atoms with Gasteiger partial charge in [0.2, 0.25) is 5.91 Å². The number of aromatic nitrogens is 3. The molecular weight excluding hydrogens is 288 g/mol. The van der Waals surface area contributed by atoms with Gasteiger partial charge in [-0.2, -0.15) is 0 Å². The normalized spacial score (nSPS) is 12.8. The number of pyridine rings is 1. The van der Waals surface area contributed by atoms with Crippen LogP contribution in [0.1, 0.15) is 32.6 Å². The van der Waals surface area contributed by atoms with Gasteiger partial charge in [0.1, 0.15) is 17.4 Å². The van der Waals surface area contributed by atoms with Crippen LogP contribution in [0.3, 0.4) is 0 Å². The number of amides is 1. The van der Waals surface area contributed by atoms with E-state index in [1.807, 2.05) is 23.6 Å². The molecule has 0 spiro atoms. The van der Waals surface area contributed by atoms with E-state index in [1.165, 1.54) is 0 Å². The highest BCUT2D eigenvalue weighted by Gasteiger charge is 2.21. The molecule has 0 bridgehead atoms. The number of carbonyl (C=O) groups is 1. The highest BCUT2D eigenvalue weighted by atomic mass is 35.5. The van der Waals surface area contributed by atoms with Gasteiger partial charge in [0.05, 0.1) is 0 Å². The van der Waals surface area contributed by atoms with Crippen molar-refractivity contribution in [2.24, 2.45) is 5.92 Å². The Morgan fingerprint density at radius 3 is 2.86 bits per heavy atom. The predicted molar refractivity (Wildman–Crippen MR) is 84.5 cm³/mol. The molecule has 2 aromatic heterocycles. The lowest BCUT2D eigenvalue weighted by molar-refractivity contribution is -0.124. The van der Waals surface area contributed by atoms with Gasteiger partial charge in [0, 0.05) is 25.0 Å². The van der Waals surface area contributed by atoms with E-state index in [0.717, 1.165) is 17.0 Å². The lowest BCUT2D eigenvalue weighted by Gasteiger charge is -2.17. The molecule has 0 aromatic carbocycles. The number of carbonyl (C=O) groups excluding carboxylic acids is 1. The second kappa shape index (κ2) is 6.89. The van der Waals surface area contributed by atoms with Crippen molar-refractivity contribution in [1.29, 1.82) is 0 Å². The van der Waals surface area contributed by atoms with E-state index in [9.17, 15) is 4.79 Å². The van der Waals surface area contributed by atoms with E-state index < -0.39 is 0 Å². The molecule has 1 amide bonds. The number of halogens is 1. The van der Waals surface area contributed by atoms with Gasteiger partial charge in [-0.05, 0) is 25.0 Å². The maximum Gasteiger partial charge on any atom is 0.242 e. The van der Waals surface area contributed by atoms with Crippen molar-refractivity contribution >= 4 is 28.7 Å². The molecule has 1 N–H and O–H groups in total. The van der Waals surface area contributed by atoms with Gasteiger partial charge in [0.15, 0.2) is 5.65 Å². The number of nitrogens with zero attached hydrogens (tertiary/aromatic N) is 3. The summed E-state index contributed by atoms with van der Waals surface area (Å²) >= 11 is 5.85. The fraction of sp³-hybridized carbons (Fsp3) is 0.533. The van der Waals surface area contributed by atoms with Crippen LogP contribution in [0.2, 0.25) is 0 Å². The number of hydrogen-bond acceptors (Lipinski definition) is 3. The fourth-order valence-corrected chi connectivity index (χ4v) is 2.38. The Labute approximate surface area is 129 Å². The van der Waals surface area contributed by atoms with Crippen molar-refractivity contribution in [2.75, 3.05) is 12.4 Å². The zero-order chi connectivity index (χ0) is 15.4. The van der Waals surface area contributed by atoms with Crippen LogP contribution < -0.4 is 5.32 Å². The van der Waals surface area contributed by atoms with Crippen LogP contribution in [-0.2, 0) is 11.2 Å². The first kappa shape index (κ1) is 15.8. The van der Waals surface area contributed by atoms with Crippen molar-refractivity contribution in [2.45, 2.75) is 33.2 Å². The van der Waals surface area contributed by atoms with Crippen LogP contribution in [0.15, 0.2) is 18.3 Å². The summed E-state index contributed by atoms with van der Waals surface area (Å²) in [4.78, 5) is 21.2. The molecular formula is C15H21ClN4O. The summed E-state index contributed by atoms with van der Waals surface area (Å²) in [6.45, 7) is 6.66. The second-order valence-electron chi connectivity index (χ2n) is 5.50. The summed E-state index contributed by atoms with van der Waals surface area (Å²) in [5.74, 6) is 1.65. The Balaban J connectivity index is 2.34. The summed E-state index contributed by atoms with van der Waals surface area (Å²) in [6, 6.07) is 3.38. The smallest absolute Gasteiger partial charge is 0.242 e. The highest BCUT2D eigenvalue weighted by Crippen LogP contribution is 2.20. The molecule has 0 saturated heterocycles. The largest absolute Gasteiger partial charge is 0.354 e. The van der Waals surface area contributed by atoms with E-state index in [0.29, 0.717) is 24.8 Å². The quantitative estimate of drug-likeness (QED) is 0.834. The number of alkyl halides is 1. The number of hydrogen-bond donors (Lipinski definition) is 1. The molecule has 2 aromatic rings. The van der Waals surface area contributed by atoms with Crippen LogP contribution in [-0.4, -0.2) is 32.9 Å². The fourth-order valence-electron chi connectivity index (χ4n) is 2.21. The van der Waals surface area contributed by atoms with Crippen LogP contribution in [0.4, 0.5) is 0 Å². The number of nitrogens with one attached hydrogen (secondary N) is 1. The molecule has 6 heteroatoms. The maximum absolute atomic E-state index is 12.3. The zero-order valence-electron chi connectivity index (χ0n) is 12.6. The summed E-state index contributed by atoms with van der Waals surface area (Å²) in [6.07, 6.45) is 2.32. The number of fused-ring (bicyclic) bond motifs is 1. The lowest BCUT2D eigenvalue weighted by Crippen LogP contribution is -2.34. The molecule has 1 unspecified atom stereocenters. The number of rotatable bonds is 6. The maximum atomic E-state index is 12.3. The van der Waals surface area contributed by atoms with Crippen molar-refractivity contribution in [3.05, 3.63) is 24.2 Å². The van der Waals surface area contributed by atoms with E-state index in [-0.39, 0.29) is 11.9 Å². The van der Waals surface area contributed by atoms with E-state index in [4.69, 9.17) is 11.6 Å². The summed E-state index contributed by atoms with van der Waals surface area (Å²) in [7, 11) is 0. The average Bonchev–Trinajstić information content (AvgIpc) is 2.82. The second-order valence-corrected chi connectivity index (χ2v) is 5.88. The standard InChI is InChI=1S/C15H21ClN4O/c1-10(2)9-18-15(21)11(3)20-13(6-7-16)19-12-5-4-8-17-14(12)20/h4-5,8,10-11H,6-7,9H2,1-3H3,(H,18,21). The van der Waals surface area contributed by atoms with Gasteiger partial charge in [-0.15, -0.1) is 11.6 Å². The van der Waals surface area contributed by atoms with E-state index in [2.05, 4.69) is 29.1 Å². The molecule has 0 fully saturated rings. The third kappa shape index (κ3) is 3.53. The summed E-state index contributed by atoms with van der Waals surface area (Å²) in [5.41, 5.74) is 1.52. The van der Waals surface area contributed by atoms with Gasteiger partial charge in [-0.1, -0.05) is 13.8 Å². The van der Waals surface area contributed by atoms with Gasteiger partial charge in [-0.3, -0.25) is 4.79 Å². The molecule has 0 radical (unpaired) electrons. The zero-order valence-corrected chi connectivity index (χ0v) is 13.4. The van der Waals surface area contributed by atoms with Crippen LogP contribution in [0.5, 0.6) is 0 Å². The van der Waals surface area contributed by atoms with E-state index >= 15 is 0 Å². The Morgan fingerprint density at radius 1 is 1.43 bits per heavy atom. The molecule has 0 aliphatic heterocycles. The molecule has 2 rings (SSSR count). The Kier molecular flexibility index (Phi) is 5.17. The highest BCUT2D eigenvalue weighted by molar-refractivity contribution is 6.17. The summed E-state index contributed by atoms with van der Waals surface area (Å²) in [5, 5.41) is 2.96. The molecule has 2 heterocycles. The number of aryl methyl sites for hydroxylation is 1. The van der Waals surface area contributed by atoms with Crippen LogP contribution in [0.25, 0.3) is 11.2 Å². The minimum atomic E-state index is -0.359. The summed E-state index contributed by atoms with van der Waals surface area (Å²) < 4.78 is 1.88. The van der Waals surface area contributed by atoms with Crippen LogP contribution >= 0.6 is 11.6 Å². The monoisotopic (exact) mass is 308 g/mol. The van der Waals surface area contributed by atoms with Crippen molar-refractivity contribution in [1.82, 2.24) is 19.9 Å². The Hall–Kier alpha value is -1.62. The first-order valence-electron chi connectivity index (χ1n) is 7.20. The molecule has 0 aliphatic rings. The van der Waals surface area contributed by atoms with Crippen molar-refractivity contribution in [3.8, 4) is 0 Å².